The van der Waals surface area contributed by atoms with Crippen molar-refractivity contribution in [1.82, 2.24) is 10.6 Å². The van der Waals surface area contributed by atoms with Gasteiger partial charge in [0.2, 0.25) is 0 Å². The van der Waals surface area contributed by atoms with Crippen LogP contribution in [0.15, 0.2) is 54.6 Å². The van der Waals surface area contributed by atoms with Crippen LogP contribution in [0.2, 0.25) is 0 Å². The number of nitrogens with one attached hydrogen (secondary N) is 2. The summed E-state index contributed by atoms with van der Waals surface area (Å²) < 4.78 is 10.7. The third-order valence-corrected chi connectivity index (χ3v) is 3.87. The number of urea groups is 1. The molecule has 7 heteroatoms. The first kappa shape index (κ1) is 18.4. The fraction of sp³-hybridized carbons (Fsp3) is 0.250. The smallest absolute Gasteiger partial charge is 0.339 e. The molecule has 2 N–H and O–H groups in total. The Kier molecular flexibility index (Phi) is 6.04. The van der Waals surface area contributed by atoms with Gasteiger partial charge in [0.05, 0.1) is 5.56 Å². The summed E-state index contributed by atoms with van der Waals surface area (Å²) in [5.74, 6) is -0.652. The number of carbonyl (C=O) groups is 3. The minimum Gasteiger partial charge on any atom is -0.489 e. The number of imide groups is 1. The second-order valence-corrected chi connectivity index (χ2v) is 6.13. The topological polar surface area (TPSA) is 93.7 Å². The lowest BCUT2D eigenvalue weighted by Crippen LogP contribution is -2.42. The SMILES string of the molecule is O=C(COC(=O)c1ccccc1COc1ccccc1)NC(=O)NC1CC1. The Balaban J connectivity index is 1.51. The lowest BCUT2D eigenvalue weighted by molar-refractivity contribution is -0.123. The largest absolute Gasteiger partial charge is 0.489 e. The van der Waals surface area contributed by atoms with Crippen molar-refractivity contribution in [3.05, 3.63) is 65.7 Å². The monoisotopic (exact) mass is 368 g/mol. The second-order valence-electron chi connectivity index (χ2n) is 6.13. The molecule has 0 atom stereocenters. The molecule has 7 nitrogen and oxygen atoms in total. The van der Waals surface area contributed by atoms with Gasteiger partial charge in [0.25, 0.3) is 5.91 Å². The minimum atomic E-state index is -0.681. The number of para-hydroxylation sites is 1. The molecular weight excluding hydrogens is 348 g/mol. The van der Waals surface area contributed by atoms with Crippen LogP contribution in [0, 0.1) is 0 Å². The number of esters is 1. The van der Waals surface area contributed by atoms with Crippen LogP contribution >= 0.6 is 0 Å². The number of hydrogen-bond acceptors (Lipinski definition) is 5. The van der Waals surface area contributed by atoms with Crippen molar-refractivity contribution in [2.24, 2.45) is 0 Å². The minimum absolute atomic E-state index is 0.136. The molecule has 3 rings (SSSR count). The number of rotatable bonds is 7. The van der Waals surface area contributed by atoms with Crippen molar-refractivity contribution in [3.8, 4) is 5.75 Å². The van der Waals surface area contributed by atoms with Gasteiger partial charge in [-0.1, -0.05) is 36.4 Å². The first-order valence-electron chi connectivity index (χ1n) is 8.65. The third kappa shape index (κ3) is 5.85. The van der Waals surface area contributed by atoms with E-state index in [1.165, 1.54) is 0 Å². The summed E-state index contributed by atoms with van der Waals surface area (Å²) in [6.45, 7) is -0.351. The van der Waals surface area contributed by atoms with Crippen molar-refractivity contribution in [2.45, 2.75) is 25.5 Å². The molecule has 0 bridgehead atoms. The zero-order valence-electron chi connectivity index (χ0n) is 14.6. The Bertz CT molecular complexity index is 818. The highest BCUT2D eigenvalue weighted by molar-refractivity contribution is 5.97. The molecule has 1 aliphatic carbocycles. The number of carbonyl (C=O) groups excluding carboxylic acids is 3. The van der Waals surface area contributed by atoms with Gasteiger partial charge in [-0.05, 0) is 31.0 Å². The van der Waals surface area contributed by atoms with Crippen LogP contribution in [0.1, 0.15) is 28.8 Å². The molecule has 1 saturated carbocycles. The van der Waals surface area contributed by atoms with Gasteiger partial charge >= 0.3 is 12.0 Å². The van der Waals surface area contributed by atoms with Crippen molar-refractivity contribution in [3.63, 3.8) is 0 Å². The standard InChI is InChI=1S/C20H20N2O5/c23-18(22-20(25)21-15-10-11-15)13-27-19(24)17-9-5-4-6-14(17)12-26-16-7-2-1-3-8-16/h1-9,15H,10-13H2,(H2,21,22,23,25). The summed E-state index contributed by atoms with van der Waals surface area (Å²) in [4.78, 5) is 35.5. The number of benzene rings is 2. The second kappa shape index (κ2) is 8.84. The van der Waals surface area contributed by atoms with Crippen LogP contribution in [0.4, 0.5) is 4.79 Å². The first-order valence-corrected chi connectivity index (χ1v) is 8.65. The molecule has 0 radical (unpaired) electrons. The van der Waals surface area contributed by atoms with Gasteiger partial charge < -0.3 is 14.8 Å². The molecule has 2 aromatic carbocycles. The molecule has 3 amide bonds. The average molecular weight is 368 g/mol. The molecule has 1 fully saturated rings. The van der Waals surface area contributed by atoms with Crippen LogP contribution < -0.4 is 15.4 Å². The Morgan fingerprint density at radius 2 is 1.67 bits per heavy atom. The summed E-state index contributed by atoms with van der Waals surface area (Å²) in [6, 6.07) is 15.6. The summed E-state index contributed by atoms with van der Waals surface area (Å²) in [5.41, 5.74) is 0.946. The maximum Gasteiger partial charge on any atom is 0.339 e. The van der Waals surface area contributed by atoms with Crippen molar-refractivity contribution >= 4 is 17.9 Å². The molecule has 2 aromatic rings. The van der Waals surface area contributed by atoms with E-state index >= 15 is 0 Å². The molecule has 0 aliphatic heterocycles. The van der Waals surface area contributed by atoms with E-state index in [0.29, 0.717) is 16.9 Å². The maximum absolute atomic E-state index is 12.3. The molecule has 0 unspecified atom stereocenters. The fourth-order valence-electron chi connectivity index (χ4n) is 2.34. The summed E-state index contributed by atoms with van der Waals surface area (Å²) in [7, 11) is 0. The Morgan fingerprint density at radius 1 is 0.963 bits per heavy atom. The van der Waals surface area contributed by atoms with E-state index in [-0.39, 0.29) is 12.6 Å². The van der Waals surface area contributed by atoms with E-state index in [4.69, 9.17) is 9.47 Å². The maximum atomic E-state index is 12.3. The van der Waals surface area contributed by atoms with Gasteiger partial charge in [-0.25, -0.2) is 9.59 Å². The van der Waals surface area contributed by atoms with Crippen molar-refractivity contribution in [2.75, 3.05) is 6.61 Å². The van der Waals surface area contributed by atoms with E-state index < -0.39 is 24.5 Å². The lowest BCUT2D eigenvalue weighted by Gasteiger charge is -2.11. The van der Waals surface area contributed by atoms with Gasteiger partial charge in [-0.15, -0.1) is 0 Å². The van der Waals surface area contributed by atoms with Gasteiger partial charge in [-0.3, -0.25) is 10.1 Å². The van der Waals surface area contributed by atoms with E-state index in [0.717, 1.165) is 12.8 Å². The molecule has 140 valence electrons. The predicted molar refractivity (Wildman–Crippen MR) is 97.2 cm³/mol. The Hall–Kier alpha value is -3.35. The lowest BCUT2D eigenvalue weighted by atomic mass is 10.1. The van der Waals surface area contributed by atoms with Crippen LogP contribution in [0.5, 0.6) is 5.75 Å². The van der Waals surface area contributed by atoms with Crippen LogP contribution in [-0.4, -0.2) is 30.6 Å². The summed E-state index contributed by atoms with van der Waals surface area (Å²) in [5, 5.41) is 4.75. The number of hydrogen-bond donors (Lipinski definition) is 2. The van der Waals surface area contributed by atoms with Crippen LogP contribution in [-0.2, 0) is 16.1 Å². The predicted octanol–water partition coefficient (Wildman–Crippen LogP) is 2.41. The highest BCUT2D eigenvalue weighted by Crippen LogP contribution is 2.18. The Labute approximate surface area is 156 Å². The summed E-state index contributed by atoms with van der Waals surface area (Å²) >= 11 is 0. The van der Waals surface area contributed by atoms with Gasteiger partial charge in [0, 0.05) is 11.6 Å². The Morgan fingerprint density at radius 3 is 2.41 bits per heavy atom. The highest BCUT2D eigenvalue weighted by Gasteiger charge is 2.24. The zero-order chi connectivity index (χ0) is 19.1. The molecule has 1 aliphatic rings. The van der Waals surface area contributed by atoms with Gasteiger partial charge in [0.1, 0.15) is 12.4 Å². The zero-order valence-corrected chi connectivity index (χ0v) is 14.6. The molecule has 0 spiro atoms. The van der Waals surface area contributed by atoms with Crippen molar-refractivity contribution in [1.29, 1.82) is 0 Å². The van der Waals surface area contributed by atoms with Crippen LogP contribution in [0.3, 0.4) is 0 Å². The van der Waals surface area contributed by atoms with E-state index in [1.807, 2.05) is 30.3 Å². The van der Waals surface area contributed by atoms with Gasteiger partial charge in [-0.2, -0.15) is 0 Å². The molecule has 0 saturated heterocycles. The molecule has 0 heterocycles. The molecular formula is C20H20N2O5. The normalized spacial score (nSPS) is 12.7. The number of ether oxygens (including phenoxy) is 2. The first-order chi connectivity index (χ1) is 13.1. The average Bonchev–Trinajstić information content (AvgIpc) is 3.49. The quantitative estimate of drug-likeness (QED) is 0.732. The van der Waals surface area contributed by atoms with E-state index in [9.17, 15) is 14.4 Å². The number of amides is 3. The molecule has 27 heavy (non-hydrogen) atoms. The van der Waals surface area contributed by atoms with Crippen LogP contribution in [0.25, 0.3) is 0 Å². The van der Waals surface area contributed by atoms with E-state index in [1.54, 1.807) is 24.3 Å². The van der Waals surface area contributed by atoms with Crippen molar-refractivity contribution < 1.29 is 23.9 Å². The highest BCUT2D eigenvalue weighted by atomic mass is 16.5. The van der Waals surface area contributed by atoms with Gasteiger partial charge in [0.15, 0.2) is 6.61 Å². The molecule has 0 aromatic heterocycles. The fourth-order valence-corrected chi connectivity index (χ4v) is 2.34. The van der Waals surface area contributed by atoms with E-state index in [2.05, 4.69) is 10.6 Å². The summed E-state index contributed by atoms with van der Waals surface area (Å²) in [6.07, 6.45) is 1.83. The third-order valence-electron chi connectivity index (χ3n) is 3.87.